The van der Waals surface area contributed by atoms with Crippen molar-refractivity contribution in [3.05, 3.63) is 29.8 Å². The summed E-state index contributed by atoms with van der Waals surface area (Å²) in [4.78, 5) is 2.18. The predicted molar refractivity (Wildman–Crippen MR) is 84.5 cm³/mol. The van der Waals surface area contributed by atoms with Crippen molar-refractivity contribution in [2.75, 3.05) is 40.0 Å². The largest absolute Gasteiger partial charge is 0.492 e. The van der Waals surface area contributed by atoms with Crippen molar-refractivity contribution in [2.24, 2.45) is 0 Å². The lowest BCUT2D eigenvalue weighted by molar-refractivity contribution is 0.0616. The number of rotatable bonds is 8. The highest BCUT2D eigenvalue weighted by Crippen LogP contribution is 2.11. The third kappa shape index (κ3) is 8.36. The molecule has 0 atom stereocenters. The van der Waals surface area contributed by atoms with Gasteiger partial charge in [-0.3, -0.25) is 0 Å². The second-order valence-corrected chi connectivity index (χ2v) is 5.06. The molecule has 0 aliphatic carbocycles. The van der Waals surface area contributed by atoms with Crippen LogP contribution in [0.15, 0.2) is 24.3 Å². The molecule has 0 radical (unpaired) electrons. The van der Waals surface area contributed by atoms with E-state index in [1.54, 1.807) is 0 Å². The number of hydrogen-bond donors (Lipinski definition) is 1. The van der Waals surface area contributed by atoms with Gasteiger partial charge in [0, 0.05) is 18.7 Å². The zero-order valence-corrected chi connectivity index (χ0v) is 13.1. The maximum absolute atomic E-state index is 8.63. The molecular formula is C17H25NO3. The molecule has 116 valence electrons. The maximum atomic E-state index is 8.63. The molecule has 0 aliphatic rings. The lowest BCUT2D eigenvalue weighted by atomic mass is 10.2. The first-order valence-electron chi connectivity index (χ1n) is 7.24. The van der Waals surface area contributed by atoms with E-state index >= 15 is 0 Å². The molecule has 1 aromatic carbocycles. The molecule has 0 amide bonds. The van der Waals surface area contributed by atoms with E-state index in [-0.39, 0.29) is 12.7 Å². The molecule has 0 saturated carbocycles. The van der Waals surface area contributed by atoms with Gasteiger partial charge >= 0.3 is 0 Å². The maximum Gasteiger partial charge on any atom is 0.119 e. The fourth-order valence-electron chi connectivity index (χ4n) is 1.65. The highest BCUT2D eigenvalue weighted by atomic mass is 16.5. The van der Waals surface area contributed by atoms with E-state index in [0.29, 0.717) is 6.61 Å². The Kier molecular flexibility index (Phi) is 8.53. The van der Waals surface area contributed by atoms with E-state index in [0.717, 1.165) is 31.0 Å². The molecule has 0 spiro atoms. The molecule has 4 heteroatoms. The van der Waals surface area contributed by atoms with Gasteiger partial charge in [0.2, 0.25) is 0 Å². The molecule has 21 heavy (non-hydrogen) atoms. The minimum absolute atomic E-state index is 0.120. The number of ether oxygens (including phenoxy) is 2. The van der Waals surface area contributed by atoms with Gasteiger partial charge in [-0.15, -0.1) is 0 Å². The first-order chi connectivity index (χ1) is 10.1. The van der Waals surface area contributed by atoms with Crippen molar-refractivity contribution >= 4 is 0 Å². The third-order valence-electron chi connectivity index (χ3n) is 2.83. The highest BCUT2D eigenvalue weighted by Gasteiger charge is 2.00. The normalized spacial score (nSPS) is 10.6. The quantitative estimate of drug-likeness (QED) is 0.741. The smallest absolute Gasteiger partial charge is 0.119 e. The zero-order valence-electron chi connectivity index (χ0n) is 13.1. The Hall–Kier alpha value is -1.54. The fraction of sp³-hybridized carbons (Fsp3) is 0.529. The van der Waals surface area contributed by atoms with Gasteiger partial charge in [-0.05, 0) is 45.2 Å². The average molecular weight is 291 g/mol. The second-order valence-electron chi connectivity index (χ2n) is 5.06. The fourth-order valence-corrected chi connectivity index (χ4v) is 1.65. The van der Waals surface area contributed by atoms with E-state index in [1.165, 1.54) is 0 Å². The summed E-state index contributed by atoms with van der Waals surface area (Å²) in [5, 5.41) is 8.63. The van der Waals surface area contributed by atoms with Crippen LogP contribution in [0.4, 0.5) is 0 Å². The summed E-state index contributed by atoms with van der Waals surface area (Å²) in [7, 11) is 2.06. The van der Waals surface area contributed by atoms with Gasteiger partial charge in [0.1, 0.15) is 19.0 Å². The summed E-state index contributed by atoms with van der Waals surface area (Å²) in [5.41, 5.74) is 0.874. The number of nitrogens with zero attached hydrogens (tertiary/aromatic N) is 1. The summed E-state index contributed by atoms with van der Waals surface area (Å²) in [6.45, 7) is 7.09. The van der Waals surface area contributed by atoms with Crippen LogP contribution in [0.25, 0.3) is 0 Å². The lowest BCUT2D eigenvalue weighted by Gasteiger charge is -2.17. The lowest BCUT2D eigenvalue weighted by Crippen LogP contribution is -2.28. The SMILES string of the molecule is CC(C)OCCN(C)CCOc1ccc(C#CCO)cc1. The number of aliphatic hydroxyl groups is 1. The van der Waals surface area contributed by atoms with Gasteiger partial charge in [0.15, 0.2) is 0 Å². The molecular weight excluding hydrogens is 266 g/mol. The summed E-state index contributed by atoms with van der Waals surface area (Å²) in [6.07, 6.45) is 0.280. The van der Waals surface area contributed by atoms with Gasteiger partial charge < -0.3 is 19.5 Å². The highest BCUT2D eigenvalue weighted by molar-refractivity contribution is 5.38. The molecule has 0 fully saturated rings. The number of aliphatic hydroxyl groups excluding tert-OH is 1. The van der Waals surface area contributed by atoms with Crippen LogP contribution in [-0.4, -0.2) is 56.1 Å². The van der Waals surface area contributed by atoms with Gasteiger partial charge in [-0.2, -0.15) is 0 Å². The minimum atomic E-state index is -0.120. The third-order valence-corrected chi connectivity index (χ3v) is 2.83. The molecule has 0 bridgehead atoms. The molecule has 0 heterocycles. The van der Waals surface area contributed by atoms with Gasteiger partial charge in [-0.25, -0.2) is 0 Å². The topological polar surface area (TPSA) is 41.9 Å². The number of benzene rings is 1. The van der Waals surface area contributed by atoms with Crippen molar-refractivity contribution in [3.8, 4) is 17.6 Å². The predicted octanol–water partition coefficient (Wildman–Crippen LogP) is 1.77. The Morgan fingerprint density at radius 2 is 1.81 bits per heavy atom. The second kappa shape index (κ2) is 10.2. The molecule has 0 aliphatic heterocycles. The van der Waals surface area contributed by atoms with Crippen LogP contribution in [-0.2, 0) is 4.74 Å². The first kappa shape index (κ1) is 17.5. The van der Waals surface area contributed by atoms with Crippen molar-refractivity contribution in [1.82, 2.24) is 4.90 Å². The average Bonchev–Trinajstić information content (AvgIpc) is 2.46. The van der Waals surface area contributed by atoms with E-state index in [2.05, 4.69) is 23.8 Å². The Bertz CT molecular complexity index is 445. The standard InChI is InChI=1S/C17H25NO3/c1-15(2)20-13-10-18(3)11-14-21-17-8-6-16(7-9-17)5-4-12-19/h6-9,15,19H,10-14H2,1-3H3. The Morgan fingerprint density at radius 1 is 1.14 bits per heavy atom. The molecule has 1 aromatic rings. The van der Waals surface area contributed by atoms with E-state index in [1.807, 2.05) is 38.1 Å². The molecule has 1 rings (SSSR count). The van der Waals surface area contributed by atoms with Crippen LogP contribution in [0.2, 0.25) is 0 Å². The van der Waals surface area contributed by atoms with Crippen LogP contribution < -0.4 is 4.74 Å². The number of likely N-dealkylation sites (N-methyl/N-ethyl adjacent to an activating group) is 1. The molecule has 4 nitrogen and oxygen atoms in total. The Morgan fingerprint density at radius 3 is 2.43 bits per heavy atom. The Balaban J connectivity index is 2.22. The first-order valence-corrected chi connectivity index (χ1v) is 7.24. The van der Waals surface area contributed by atoms with Gasteiger partial charge in [0.05, 0.1) is 12.7 Å². The Labute approximate surface area is 127 Å². The van der Waals surface area contributed by atoms with E-state index in [9.17, 15) is 0 Å². The summed E-state index contributed by atoms with van der Waals surface area (Å²) in [5.74, 6) is 6.30. The molecule has 0 unspecified atom stereocenters. The molecule has 0 saturated heterocycles. The summed E-state index contributed by atoms with van der Waals surface area (Å²) < 4.78 is 11.2. The number of hydrogen-bond acceptors (Lipinski definition) is 4. The van der Waals surface area contributed by atoms with Crippen molar-refractivity contribution < 1.29 is 14.6 Å². The van der Waals surface area contributed by atoms with Crippen LogP contribution >= 0.6 is 0 Å². The molecule has 1 N–H and O–H groups in total. The van der Waals surface area contributed by atoms with Gasteiger partial charge in [-0.1, -0.05) is 11.8 Å². The van der Waals surface area contributed by atoms with Crippen LogP contribution in [0.1, 0.15) is 19.4 Å². The van der Waals surface area contributed by atoms with E-state index in [4.69, 9.17) is 14.6 Å². The zero-order chi connectivity index (χ0) is 15.5. The van der Waals surface area contributed by atoms with Crippen LogP contribution in [0.5, 0.6) is 5.75 Å². The monoisotopic (exact) mass is 291 g/mol. The van der Waals surface area contributed by atoms with Crippen molar-refractivity contribution in [1.29, 1.82) is 0 Å². The molecule has 0 aromatic heterocycles. The van der Waals surface area contributed by atoms with Crippen molar-refractivity contribution in [3.63, 3.8) is 0 Å². The van der Waals surface area contributed by atoms with Crippen LogP contribution in [0, 0.1) is 11.8 Å². The van der Waals surface area contributed by atoms with E-state index < -0.39 is 0 Å². The van der Waals surface area contributed by atoms with Crippen molar-refractivity contribution in [2.45, 2.75) is 20.0 Å². The minimum Gasteiger partial charge on any atom is -0.492 e. The van der Waals surface area contributed by atoms with Crippen LogP contribution in [0.3, 0.4) is 0 Å². The van der Waals surface area contributed by atoms with Gasteiger partial charge in [0.25, 0.3) is 0 Å². The summed E-state index contributed by atoms with van der Waals surface area (Å²) in [6, 6.07) is 7.56. The summed E-state index contributed by atoms with van der Waals surface area (Å²) >= 11 is 0.